The number of aromatic nitrogens is 2. The van der Waals surface area contributed by atoms with Gasteiger partial charge in [-0.2, -0.15) is 0 Å². The summed E-state index contributed by atoms with van der Waals surface area (Å²) < 4.78 is 0. The first kappa shape index (κ1) is 14.7. The van der Waals surface area contributed by atoms with Gasteiger partial charge >= 0.3 is 0 Å². The molecular weight excluding hydrogens is 278 g/mol. The lowest BCUT2D eigenvalue weighted by Gasteiger charge is -2.20. The molecule has 2 aromatic rings. The van der Waals surface area contributed by atoms with Crippen molar-refractivity contribution in [2.45, 2.75) is 38.2 Å². The molecule has 0 spiro atoms. The first-order chi connectivity index (χ1) is 10.6. The first-order valence-electron chi connectivity index (χ1n) is 7.51. The molecule has 1 aromatic heterocycles. The number of amides is 1. The number of rotatable bonds is 3. The van der Waals surface area contributed by atoms with Gasteiger partial charge in [0.05, 0.1) is 0 Å². The number of carbonyl (C=O) groups excluding carboxylic acids is 1. The van der Waals surface area contributed by atoms with Crippen molar-refractivity contribution in [3.63, 3.8) is 0 Å². The summed E-state index contributed by atoms with van der Waals surface area (Å²) in [5.74, 6) is 0.344. The van der Waals surface area contributed by atoms with Gasteiger partial charge < -0.3 is 10.4 Å². The van der Waals surface area contributed by atoms with Crippen LogP contribution in [0.15, 0.2) is 36.5 Å². The van der Waals surface area contributed by atoms with E-state index in [-0.39, 0.29) is 5.91 Å². The molecule has 1 saturated carbocycles. The molecule has 1 heterocycles. The fraction of sp³-hybridized carbons (Fsp3) is 0.353. The summed E-state index contributed by atoms with van der Waals surface area (Å²) in [7, 11) is 0. The van der Waals surface area contributed by atoms with Gasteiger partial charge in [-0.1, -0.05) is 0 Å². The van der Waals surface area contributed by atoms with E-state index < -0.39 is 5.60 Å². The Labute approximate surface area is 129 Å². The van der Waals surface area contributed by atoms with E-state index in [1.54, 1.807) is 18.3 Å². The van der Waals surface area contributed by atoms with Crippen LogP contribution >= 0.6 is 0 Å². The predicted octanol–water partition coefficient (Wildman–Crippen LogP) is 2.70. The average molecular weight is 297 g/mol. The highest BCUT2D eigenvalue weighted by Crippen LogP contribution is 2.30. The van der Waals surface area contributed by atoms with E-state index in [1.165, 1.54) is 0 Å². The molecule has 1 amide bonds. The van der Waals surface area contributed by atoms with Gasteiger partial charge in [0.1, 0.15) is 5.60 Å². The monoisotopic (exact) mass is 297 g/mol. The zero-order valence-corrected chi connectivity index (χ0v) is 12.5. The van der Waals surface area contributed by atoms with Crippen molar-refractivity contribution >= 4 is 11.6 Å². The molecule has 1 fully saturated rings. The highest BCUT2D eigenvalue weighted by molar-refractivity contribution is 5.97. The average Bonchev–Trinajstić information content (AvgIpc) is 2.96. The van der Waals surface area contributed by atoms with Crippen molar-refractivity contribution in [2.24, 2.45) is 0 Å². The van der Waals surface area contributed by atoms with Gasteiger partial charge in [0.15, 0.2) is 5.82 Å². The minimum Gasteiger partial charge on any atom is -0.380 e. The van der Waals surface area contributed by atoms with Crippen LogP contribution < -0.4 is 5.32 Å². The Kier molecular flexibility index (Phi) is 3.90. The summed E-state index contributed by atoms with van der Waals surface area (Å²) in [5.41, 5.74) is 1.26. The van der Waals surface area contributed by atoms with Gasteiger partial charge in [-0.05, 0) is 62.9 Å². The van der Waals surface area contributed by atoms with Gasteiger partial charge in [0, 0.05) is 23.1 Å². The van der Waals surface area contributed by atoms with Gasteiger partial charge in [-0.3, -0.25) is 4.79 Å². The standard InChI is InChI=1S/C17H19N3O2/c1-12-8-11-18-15(19-12)13-4-6-14(7-5-13)20-16(21)17(22)9-2-3-10-17/h4-8,11,22H,2-3,9-10H2,1H3,(H,20,21). The van der Waals surface area contributed by atoms with E-state index in [9.17, 15) is 9.90 Å². The second-order valence-electron chi connectivity index (χ2n) is 5.79. The second-order valence-corrected chi connectivity index (χ2v) is 5.79. The summed E-state index contributed by atoms with van der Waals surface area (Å²) in [5, 5.41) is 13.0. The Morgan fingerprint density at radius 2 is 1.86 bits per heavy atom. The highest BCUT2D eigenvalue weighted by atomic mass is 16.3. The van der Waals surface area contributed by atoms with E-state index in [4.69, 9.17) is 0 Å². The van der Waals surface area contributed by atoms with Gasteiger partial charge in [-0.25, -0.2) is 9.97 Å². The highest BCUT2D eigenvalue weighted by Gasteiger charge is 2.38. The van der Waals surface area contributed by atoms with Crippen LogP contribution in [0.3, 0.4) is 0 Å². The quantitative estimate of drug-likeness (QED) is 0.913. The van der Waals surface area contributed by atoms with Crippen LogP contribution in [0.2, 0.25) is 0 Å². The molecule has 2 N–H and O–H groups in total. The van der Waals surface area contributed by atoms with E-state index in [2.05, 4.69) is 15.3 Å². The van der Waals surface area contributed by atoms with Gasteiger partial charge in [0.25, 0.3) is 5.91 Å². The minimum absolute atomic E-state index is 0.315. The molecule has 1 aliphatic rings. The molecule has 0 aliphatic heterocycles. The predicted molar refractivity (Wildman–Crippen MR) is 84.3 cm³/mol. The zero-order valence-electron chi connectivity index (χ0n) is 12.5. The normalized spacial score (nSPS) is 16.5. The number of benzene rings is 1. The number of anilines is 1. The molecule has 0 bridgehead atoms. The summed E-state index contributed by atoms with van der Waals surface area (Å²) in [6.45, 7) is 1.92. The van der Waals surface area contributed by atoms with E-state index in [0.29, 0.717) is 24.4 Å². The van der Waals surface area contributed by atoms with Crippen LogP contribution in [0.1, 0.15) is 31.4 Å². The van der Waals surface area contributed by atoms with Crippen LogP contribution in [0.4, 0.5) is 5.69 Å². The Morgan fingerprint density at radius 3 is 2.50 bits per heavy atom. The van der Waals surface area contributed by atoms with Crippen molar-refractivity contribution < 1.29 is 9.90 Å². The molecule has 0 atom stereocenters. The third-order valence-corrected chi connectivity index (χ3v) is 4.05. The van der Waals surface area contributed by atoms with Crippen molar-refractivity contribution in [1.29, 1.82) is 0 Å². The SMILES string of the molecule is Cc1ccnc(-c2ccc(NC(=O)C3(O)CCCC3)cc2)n1. The molecule has 22 heavy (non-hydrogen) atoms. The third kappa shape index (κ3) is 2.99. The number of aliphatic hydroxyl groups is 1. The number of aryl methyl sites for hydroxylation is 1. The fourth-order valence-corrected chi connectivity index (χ4v) is 2.73. The van der Waals surface area contributed by atoms with Gasteiger partial charge in [0.2, 0.25) is 0 Å². The van der Waals surface area contributed by atoms with Crippen LogP contribution in [-0.4, -0.2) is 26.6 Å². The van der Waals surface area contributed by atoms with Crippen molar-refractivity contribution in [3.05, 3.63) is 42.2 Å². The molecule has 114 valence electrons. The molecule has 0 saturated heterocycles. The number of nitrogens with one attached hydrogen (secondary N) is 1. The second kappa shape index (κ2) is 5.85. The Hall–Kier alpha value is -2.27. The van der Waals surface area contributed by atoms with Crippen LogP contribution in [0, 0.1) is 6.92 Å². The van der Waals surface area contributed by atoms with E-state index in [1.807, 2.05) is 25.1 Å². The summed E-state index contributed by atoms with van der Waals surface area (Å²) in [4.78, 5) is 20.8. The molecule has 1 aliphatic carbocycles. The van der Waals surface area contributed by atoms with Crippen LogP contribution in [0.25, 0.3) is 11.4 Å². The maximum absolute atomic E-state index is 12.2. The maximum atomic E-state index is 12.2. The summed E-state index contributed by atoms with van der Waals surface area (Å²) in [6.07, 6.45) is 4.59. The molecule has 1 aromatic carbocycles. The molecule has 0 radical (unpaired) electrons. The molecule has 3 rings (SSSR count). The van der Waals surface area contributed by atoms with Crippen LogP contribution in [0.5, 0.6) is 0 Å². The Balaban J connectivity index is 1.73. The molecular formula is C17H19N3O2. The summed E-state index contributed by atoms with van der Waals surface area (Å²) >= 11 is 0. The molecule has 5 heteroatoms. The largest absolute Gasteiger partial charge is 0.380 e. The smallest absolute Gasteiger partial charge is 0.256 e. The molecule has 0 unspecified atom stereocenters. The summed E-state index contributed by atoms with van der Waals surface area (Å²) in [6, 6.07) is 9.18. The van der Waals surface area contributed by atoms with Crippen LogP contribution in [-0.2, 0) is 4.79 Å². The van der Waals surface area contributed by atoms with Gasteiger partial charge in [-0.15, -0.1) is 0 Å². The first-order valence-corrected chi connectivity index (χ1v) is 7.51. The number of hydrogen-bond donors (Lipinski definition) is 2. The minimum atomic E-state index is -1.21. The topological polar surface area (TPSA) is 75.1 Å². The Bertz CT molecular complexity index is 677. The van der Waals surface area contributed by atoms with E-state index >= 15 is 0 Å². The third-order valence-electron chi connectivity index (χ3n) is 4.05. The van der Waals surface area contributed by atoms with Crippen molar-refractivity contribution in [2.75, 3.05) is 5.32 Å². The van der Waals surface area contributed by atoms with Crippen molar-refractivity contribution in [1.82, 2.24) is 9.97 Å². The lowest BCUT2D eigenvalue weighted by molar-refractivity contribution is -0.133. The zero-order chi connectivity index (χ0) is 15.6. The Morgan fingerprint density at radius 1 is 1.18 bits per heavy atom. The lowest BCUT2D eigenvalue weighted by Crippen LogP contribution is -2.40. The maximum Gasteiger partial charge on any atom is 0.256 e. The van der Waals surface area contributed by atoms with E-state index in [0.717, 1.165) is 24.1 Å². The molecule has 5 nitrogen and oxygen atoms in total. The fourth-order valence-electron chi connectivity index (χ4n) is 2.73. The van der Waals surface area contributed by atoms with Crippen molar-refractivity contribution in [3.8, 4) is 11.4 Å². The number of carbonyl (C=O) groups is 1. The number of nitrogens with zero attached hydrogens (tertiary/aromatic N) is 2. The lowest BCUT2D eigenvalue weighted by atomic mass is 10.0. The number of hydrogen-bond acceptors (Lipinski definition) is 4.